The third kappa shape index (κ3) is 5.92. The Hall–Kier alpha value is 0.340. The molecular weight excluding hydrogens is 222 g/mol. The summed E-state index contributed by atoms with van der Waals surface area (Å²) in [5.41, 5.74) is -0.278. The highest BCUT2D eigenvalue weighted by molar-refractivity contribution is 6.44. The topological polar surface area (TPSA) is 26.3 Å². The van der Waals surface area contributed by atoms with Gasteiger partial charge in [0.25, 0.3) is 0 Å². The number of rotatable bonds is 4. The normalized spacial score (nSPS) is 11.8. The minimum absolute atomic E-state index is 0.215. The molecule has 5 heteroatoms. The van der Waals surface area contributed by atoms with Crippen molar-refractivity contribution in [3.63, 3.8) is 0 Å². The quantitative estimate of drug-likeness (QED) is 0.697. The standard InChI is InChI=1S/C7H11Cl3O2/c1-7(2,3-5(8)9)4-6(11)12-10/h5H,3-4H2,1-2H3. The van der Waals surface area contributed by atoms with Crippen LogP contribution in [0, 0.1) is 5.41 Å². The van der Waals surface area contributed by atoms with E-state index in [0.717, 1.165) is 0 Å². The van der Waals surface area contributed by atoms with E-state index in [-0.39, 0.29) is 11.8 Å². The van der Waals surface area contributed by atoms with Crippen LogP contribution in [0.2, 0.25) is 0 Å². The molecular formula is C7H11Cl3O2. The van der Waals surface area contributed by atoms with Gasteiger partial charge >= 0.3 is 5.97 Å². The first-order valence-corrected chi connectivity index (χ1v) is 4.65. The maximum Gasteiger partial charge on any atom is 0.325 e. The van der Waals surface area contributed by atoms with Gasteiger partial charge in [0.15, 0.2) is 0 Å². The Morgan fingerprint density at radius 1 is 1.50 bits per heavy atom. The van der Waals surface area contributed by atoms with Crippen molar-refractivity contribution < 1.29 is 9.08 Å². The summed E-state index contributed by atoms with van der Waals surface area (Å²) in [5.74, 6) is -0.462. The second-order valence-corrected chi connectivity index (χ2v) is 4.82. The molecule has 12 heavy (non-hydrogen) atoms. The lowest BCUT2D eigenvalue weighted by molar-refractivity contribution is -0.136. The van der Waals surface area contributed by atoms with Crippen LogP contribution in [0.25, 0.3) is 0 Å². The fourth-order valence-electron chi connectivity index (χ4n) is 0.908. The highest BCUT2D eigenvalue weighted by Crippen LogP contribution is 2.30. The van der Waals surface area contributed by atoms with Crippen LogP contribution in [-0.4, -0.2) is 10.8 Å². The number of carbonyl (C=O) groups excluding carboxylic acids is 1. The molecule has 0 radical (unpaired) electrons. The van der Waals surface area contributed by atoms with Crippen molar-refractivity contribution in [2.45, 2.75) is 31.5 Å². The summed E-state index contributed by atoms with van der Waals surface area (Å²) in [5, 5.41) is 0. The zero-order chi connectivity index (χ0) is 9.78. The largest absolute Gasteiger partial charge is 0.348 e. The summed E-state index contributed by atoms with van der Waals surface area (Å²) in [4.78, 5) is 10.3. The molecule has 0 fully saturated rings. The van der Waals surface area contributed by atoms with Gasteiger partial charge in [-0.1, -0.05) is 13.8 Å². The van der Waals surface area contributed by atoms with Crippen LogP contribution >= 0.6 is 35.1 Å². The Morgan fingerprint density at radius 3 is 2.33 bits per heavy atom. The first-order valence-electron chi connectivity index (χ1n) is 3.47. The number of carbonyl (C=O) groups is 1. The maximum absolute atomic E-state index is 10.8. The van der Waals surface area contributed by atoms with Gasteiger partial charge in [-0.25, -0.2) is 0 Å². The van der Waals surface area contributed by atoms with Crippen LogP contribution in [0.15, 0.2) is 0 Å². The molecule has 0 aromatic rings. The molecule has 0 amide bonds. The van der Waals surface area contributed by atoms with E-state index >= 15 is 0 Å². The molecule has 0 unspecified atom stereocenters. The van der Waals surface area contributed by atoms with Crippen molar-refractivity contribution >= 4 is 41.0 Å². The van der Waals surface area contributed by atoms with Gasteiger partial charge in [-0.15, -0.1) is 23.2 Å². The van der Waals surface area contributed by atoms with Gasteiger partial charge in [-0.3, -0.25) is 4.79 Å². The van der Waals surface area contributed by atoms with Crippen molar-refractivity contribution in [2.75, 3.05) is 0 Å². The van der Waals surface area contributed by atoms with E-state index in [2.05, 4.69) is 4.29 Å². The molecule has 72 valence electrons. The second kappa shape index (κ2) is 5.15. The van der Waals surface area contributed by atoms with Gasteiger partial charge in [-0.2, -0.15) is 0 Å². The molecule has 0 aromatic heterocycles. The van der Waals surface area contributed by atoms with E-state index in [4.69, 9.17) is 35.1 Å². The average Bonchev–Trinajstić information content (AvgIpc) is 1.83. The Balaban J connectivity index is 3.94. The number of hydrogen-bond donors (Lipinski definition) is 0. The van der Waals surface area contributed by atoms with Crippen molar-refractivity contribution in [2.24, 2.45) is 5.41 Å². The van der Waals surface area contributed by atoms with Gasteiger partial charge in [0.1, 0.15) is 16.7 Å². The molecule has 0 saturated carbocycles. The third-order valence-corrected chi connectivity index (χ3v) is 1.90. The lowest BCUT2D eigenvalue weighted by Crippen LogP contribution is -2.19. The van der Waals surface area contributed by atoms with E-state index in [1.54, 1.807) is 0 Å². The van der Waals surface area contributed by atoms with Crippen LogP contribution in [0.4, 0.5) is 0 Å². The van der Waals surface area contributed by atoms with Crippen molar-refractivity contribution in [1.82, 2.24) is 0 Å². The molecule has 0 atom stereocenters. The molecule has 0 aliphatic carbocycles. The number of hydrogen-bond acceptors (Lipinski definition) is 2. The molecule has 0 saturated heterocycles. The SMILES string of the molecule is CC(C)(CC(=O)OCl)CC(Cl)Cl. The van der Waals surface area contributed by atoms with E-state index in [0.29, 0.717) is 6.42 Å². The molecule has 2 nitrogen and oxygen atoms in total. The lowest BCUT2D eigenvalue weighted by atomic mass is 9.86. The monoisotopic (exact) mass is 232 g/mol. The average molecular weight is 234 g/mol. The Morgan fingerprint density at radius 2 is 2.00 bits per heavy atom. The minimum atomic E-state index is -0.469. The van der Waals surface area contributed by atoms with E-state index < -0.39 is 10.8 Å². The molecule has 0 aliphatic rings. The predicted molar refractivity (Wildman–Crippen MR) is 50.5 cm³/mol. The lowest BCUT2D eigenvalue weighted by Gasteiger charge is -2.22. The smallest absolute Gasteiger partial charge is 0.325 e. The van der Waals surface area contributed by atoms with Crippen LogP contribution in [0.5, 0.6) is 0 Å². The van der Waals surface area contributed by atoms with Crippen molar-refractivity contribution in [3.8, 4) is 0 Å². The van der Waals surface area contributed by atoms with Crippen molar-refractivity contribution in [3.05, 3.63) is 0 Å². The minimum Gasteiger partial charge on any atom is -0.348 e. The Labute approximate surface area is 87.3 Å². The van der Waals surface area contributed by atoms with Gasteiger partial charge in [0.2, 0.25) is 0 Å². The summed E-state index contributed by atoms with van der Waals surface area (Å²) in [6, 6.07) is 0. The molecule has 0 rings (SSSR count). The molecule has 0 N–H and O–H groups in total. The van der Waals surface area contributed by atoms with E-state index in [1.165, 1.54) is 0 Å². The highest BCUT2D eigenvalue weighted by Gasteiger charge is 2.25. The molecule has 0 aromatic carbocycles. The maximum atomic E-state index is 10.8. The van der Waals surface area contributed by atoms with Crippen LogP contribution in [0.1, 0.15) is 26.7 Å². The fourth-order valence-corrected chi connectivity index (χ4v) is 1.80. The number of alkyl halides is 2. The zero-order valence-electron chi connectivity index (χ0n) is 6.94. The van der Waals surface area contributed by atoms with Crippen LogP contribution in [-0.2, 0) is 9.08 Å². The summed E-state index contributed by atoms with van der Waals surface area (Å²) in [6.07, 6.45) is 0.745. The molecule has 0 spiro atoms. The van der Waals surface area contributed by atoms with Gasteiger partial charge in [0, 0.05) is 0 Å². The fraction of sp³-hybridized carbons (Fsp3) is 0.857. The first-order chi connectivity index (χ1) is 5.37. The van der Waals surface area contributed by atoms with Gasteiger partial charge in [-0.05, 0) is 11.8 Å². The predicted octanol–water partition coefficient (Wildman–Crippen LogP) is 3.29. The van der Waals surface area contributed by atoms with Gasteiger partial charge in [0.05, 0.1) is 6.42 Å². The third-order valence-electron chi connectivity index (χ3n) is 1.42. The molecule has 0 heterocycles. The summed E-state index contributed by atoms with van der Waals surface area (Å²) in [6.45, 7) is 3.75. The summed E-state index contributed by atoms with van der Waals surface area (Å²) >= 11 is 16.0. The van der Waals surface area contributed by atoms with Crippen LogP contribution < -0.4 is 0 Å². The van der Waals surface area contributed by atoms with Crippen molar-refractivity contribution in [1.29, 1.82) is 0 Å². The second-order valence-electron chi connectivity index (χ2n) is 3.39. The first kappa shape index (κ1) is 12.3. The number of halogens is 3. The van der Waals surface area contributed by atoms with E-state index in [1.807, 2.05) is 13.8 Å². The molecule has 0 bridgehead atoms. The van der Waals surface area contributed by atoms with Crippen LogP contribution in [0.3, 0.4) is 0 Å². The van der Waals surface area contributed by atoms with E-state index in [9.17, 15) is 4.79 Å². The zero-order valence-corrected chi connectivity index (χ0v) is 9.21. The highest BCUT2D eigenvalue weighted by atomic mass is 35.5. The molecule has 0 aliphatic heterocycles. The van der Waals surface area contributed by atoms with Gasteiger partial charge < -0.3 is 4.29 Å². The summed E-state index contributed by atoms with van der Waals surface area (Å²) < 4.78 is 4.01. The Kier molecular flexibility index (Phi) is 5.30. The Bertz CT molecular complexity index is 157. The summed E-state index contributed by atoms with van der Waals surface area (Å²) in [7, 11) is 0.